The number of imidazole rings is 1. The summed E-state index contributed by atoms with van der Waals surface area (Å²) in [7, 11) is 0. The molecular weight excluding hydrogens is 217 g/mol. The summed E-state index contributed by atoms with van der Waals surface area (Å²) in [5.41, 5.74) is 0.540. The highest BCUT2D eigenvalue weighted by Crippen LogP contribution is 2.32. The second kappa shape index (κ2) is 3.50. The van der Waals surface area contributed by atoms with E-state index in [0.717, 1.165) is 0 Å². The van der Waals surface area contributed by atoms with Crippen LogP contribution in [0.1, 0.15) is 23.7 Å². The maximum Gasteiger partial charge on any atom is 0.419 e. The van der Waals surface area contributed by atoms with E-state index in [0.29, 0.717) is 17.7 Å². The molecule has 0 spiro atoms. The van der Waals surface area contributed by atoms with Gasteiger partial charge >= 0.3 is 6.18 Å². The van der Waals surface area contributed by atoms with Gasteiger partial charge < -0.3 is 4.40 Å². The lowest BCUT2D eigenvalue weighted by atomic mass is 10.1. The molecule has 0 aromatic carbocycles. The van der Waals surface area contributed by atoms with Gasteiger partial charge in [0.05, 0.1) is 11.3 Å². The van der Waals surface area contributed by atoms with Crippen molar-refractivity contribution in [1.29, 1.82) is 0 Å². The summed E-state index contributed by atoms with van der Waals surface area (Å²) >= 11 is 0. The van der Waals surface area contributed by atoms with Crippen LogP contribution >= 0.6 is 0 Å². The van der Waals surface area contributed by atoms with Gasteiger partial charge in [-0.1, -0.05) is 6.92 Å². The summed E-state index contributed by atoms with van der Waals surface area (Å²) < 4.78 is 39.8. The van der Waals surface area contributed by atoms with Crippen LogP contribution in [0.3, 0.4) is 0 Å². The molecule has 0 amide bonds. The molecule has 16 heavy (non-hydrogen) atoms. The lowest BCUT2D eigenvalue weighted by Crippen LogP contribution is -2.08. The Morgan fingerprint density at radius 1 is 1.31 bits per heavy atom. The summed E-state index contributed by atoms with van der Waals surface area (Å²) in [5.74, 6) is 0. The van der Waals surface area contributed by atoms with Gasteiger partial charge in [0.25, 0.3) is 0 Å². The first-order chi connectivity index (χ1) is 7.41. The van der Waals surface area contributed by atoms with Crippen molar-refractivity contribution in [2.24, 2.45) is 0 Å². The van der Waals surface area contributed by atoms with E-state index >= 15 is 0 Å². The number of aryl methyl sites for hydroxylation is 2. The highest BCUT2D eigenvalue weighted by molar-refractivity contribution is 5.52. The van der Waals surface area contributed by atoms with Gasteiger partial charge in [0.1, 0.15) is 5.65 Å². The number of pyridine rings is 1. The van der Waals surface area contributed by atoms with E-state index in [1.54, 1.807) is 19.3 Å². The summed E-state index contributed by atoms with van der Waals surface area (Å²) in [6.45, 7) is 3.50. The Bertz CT molecular complexity index is 526. The minimum absolute atomic E-state index is 0.0257. The molecule has 5 heteroatoms. The van der Waals surface area contributed by atoms with Crippen molar-refractivity contribution < 1.29 is 13.2 Å². The average Bonchev–Trinajstić information content (AvgIpc) is 2.54. The van der Waals surface area contributed by atoms with Gasteiger partial charge in [-0.15, -0.1) is 0 Å². The number of aromatic nitrogens is 2. The monoisotopic (exact) mass is 228 g/mol. The van der Waals surface area contributed by atoms with Crippen molar-refractivity contribution in [3.63, 3.8) is 0 Å². The minimum Gasteiger partial charge on any atom is -0.306 e. The summed E-state index contributed by atoms with van der Waals surface area (Å²) in [6.07, 6.45) is -0.505. The minimum atomic E-state index is -4.36. The molecule has 2 aromatic rings. The molecule has 2 rings (SSSR count). The van der Waals surface area contributed by atoms with Crippen LogP contribution < -0.4 is 0 Å². The first-order valence-corrected chi connectivity index (χ1v) is 4.97. The van der Waals surface area contributed by atoms with E-state index in [1.807, 2.05) is 6.92 Å². The largest absolute Gasteiger partial charge is 0.419 e. The zero-order chi connectivity index (χ0) is 11.9. The molecule has 0 aliphatic carbocycles. The molecule has 2 nitrogen and oxygen atoms in total. The van der Waals surface area contributed by atoms with Crippen molar-refractivity contribution in [2.45, 2.75) is 26.4 Å². The van der Waals surface area contributed by atoms with Crippen LogP contribution in [0.2, 0.25) is 0 Å². The first kappa shape index (κ1) is 11.0. The molecule has 0 unspecified atom stereocenters. The molecule has 0 N–H and O–H groups in total. The Morgan fingerprint density at radius 3 is 2.56 bits per heavy atom. The Labute approximate surface area is 90.7 Å². The van der Waals surface area contributed by atoms with E-state index in [-0.39, 0.29) is 5.65 Å². The summed E-state index contributed by atoms with van der Waals surface area (Å²) in [6, 6.07) is 1.17. The SMILES string of the molecule is CCc1cc(C(F)(F)F)c2nc(C)cn2c1. The van der Waals surface area contributed by atoms with Crippen molar-refractivity contribution in [3.8, 4) is 0 Å². The van der Waals surface area contributed by atoms with Crippen LogP contribution in [0.4, 0.5) is 13.2 Å². The van der Waals surface area contributed by atoms with E-state index in [9.17, 15) is 13.2 Å². The molecular formula is C11H11F3N2. The van der Waals surface area contributed by atoms with Gasteiger partial charge in [0, 0.05) is 12.4 Å². The van der Waals surface area contributed by atoms with Crippen LogP contribution in [0.25, 0.3) is 5.65 Å². The molecule has 0 bridgehead atoms. The molecule has 0 fully saturated rings. The molecule has 0 aliphatic rings. The second-order valence-electron chi connectivity index (χ2n) is 3.73. The van der Waals surface area contributed by atoms with Crippen LogP contribution in [0, 0.1) is 6.92 Å². The van der Waals surface area contributed by atoms with Crippen LogP contribution in [0.15, 0.2) is 18.5 Å². The topological polar surface area (TPSA) is 17.3 Å². The Balaban J connectivity index is 2.78. The molecule has 0 radical (unpaired) electrons. The van der Waals surface area contributed by atoms with Gasteiger partial charge in [0.15, 0.2) is 0 Å². The number of fused-ring (bicyclic) bond motifs is 1. The molecule has 0 atom stereocenters. The fourth-order valence-electron chi connectivity index (χ4n) is 1.68. The Kier molecular flexibility index (Phi) is 2.40. The molecule has 0 aliphatic heterocycles. The number of halogens is 3. The standard InChI is InChI=1S/C11H11F3N2/c1-3-8-4-9(11(12,13)14)10-15-7(2)5-16(10)6-8/h4-6H,3H2,1-2H3. The summed E-state index contributed by atoms with van der Waals surface area (Å²) in [4.78, 5) is 3.90. The highest BCUT2D eigenvalue weighted by Gasteiger charge is 2.34. The van der Waals surface area contributed by atoms with Gasteiger partial charge in [-0.05, 0) is 25.0 Å². The fraction of sp³-hybridized carbons (Fsp3) is 0.364. The normalized spacial score (nSPS) is 12.3. The first-order valence-electron chi connectivity index (χ1n) is 4.97. The number of rotatable bonds is 1. The maximum absolute atomic E-state index is 12.8. The molecule has 2 aromatic heterocycles. The van der Waals surface area contributed by atoms with Gasteiger partial charge in [-0.3, -0.25) is 0 Å². The highest BCUT2D eigenvalue weighted by atomic mass is 19.4. The molecule has 0 saturated carbocycles. The Hall–Kier alpha value is -1.52. The van der Waals surface area contributed by atoms with E-state index in [2.05, 4.69) is 4.98 Å². The number of nitrogens with zero attached hydrogens (tertiary/aromatic N) is 2. The third-order valence-corrected chi connectivity index (χ3v) is 2.44. The zero-order valence-electron chi connectivity index (χ0n) is 8.97. The second-order valence-corrected chi connectivity index (χ2v) is 3.73. The van der Waals surface area contributed by atoms with E-state index < -0.39 is 11.7 Å². The summed E-state index contributed by atoms with van der Waals surface area (Å²) in [5, 5.41) is 0. The Morgan fingerprint density at radius 2 is 2.00 bits per heavy atom. The molecule has 86 valence electrons. The zero-order valence-corrected chi connectivity index (χ0v) is 8.97. The maximum atomic E-state index is 12.8. The third kappa shape index (κ3) is 1.77. The third-order valence-electron chi connectivity index (χ3n) is 2.44. The van der Waals surface area contributed by atoms with Crippen molar-refractivity contribution in [3.05, 3.63) is 35.3 Å². The van der Waals surface area contributed by atoms with Crippen molar-refractivity contribution >= 4 is 5.65 Å². The van der Waals surface area contributed by atoms with Crippen LogP contribution in [0.5, 0.6) is 0 Å². The van der Waals surface area contributed by atoms with Crippen LogP contribution in [-0.2, 0) is 12.6 Å². The predicted octanol–water partition coefficient (Wildman–Crippen LogP) is 3.22. The number of alkyl halides is 3. The average molecular weight is 228 g/mol. The van der Waals surface area contributed by atoms with Crippen LogP contribution in [-0.4, -0.2) is 9.38 Å². The number of hydrogen-bond donors (Lipinski definition) is 0. The van der Waals surface area contributed by atoms with Crippen molar-refractivity contribution in [1.82, 2.24) is 9.38 Å². The quantitative estimate of drug-likeness (QED) is 0.732. The molecule has 0 saturated heterocycles. The van der Waals surface area contributed by atoms with Gasteiger partial charge in [0.2, 0.25) is 0 Å². The lowest BCUT2D eigenvalue weighted by molar-refractivity contribution is -0.136. The van der Waals surface area contributed by atoms with Crippen molar-refractivity contribution in [2.75, 3.05) is 0 Å². The van der Waals surface area contributed by atoms with Gasteiger partial charge in [-0.25, -0.2) is 4.98 Å². The fourth-order valence-corrected chi connectivity index (χ4v) is 1.68. The van der Waals surface area contributed by atoms with Gasteiger partial charge in [-0.2, -0.15) is 13.2 Å². The van der Waals surface area contributed by atoms with E-state index in [1.165, 1.54) is 10.5 Å². The van der Waals surface area contributed by atoms with E-state index in [4.69, 9.17) is 0 Å². The smallest absolute Gasteiger partial charge is 0.306 e. The lowest BCUT2D eigenvalue weighted by Gasteiger charge is -2.09. The predicted molar refractivity (Wildman–Crippen MR) is 54.3 cm³/mol. The molecule has 2 heterocycles. The number of hydrogen-bond acceptors (Lipinski definition) is 1.